The van der Waals surface area contributed by atoms with Gasteiger partial charge in [0.15, 0.2) is 5.82 Å². The van der Waals surface area contributed by atoms with Crippen LogP contribution >= 0.6 is 35.1 Å². The summed E-state index contributed by atoms with van der Waals surface area (Å²) in [6.45, 7) is 7.48. The van der Waals surface area contributed by atoms with Crippen molar-refractivity contribution in [2.24, 2.45) is 0 Å². The van der Waals surface area contributed by atoms with E-state index in [9.17, 15) is 19.2 Å². The van der Waals surface area contributed by atoms with Crippen LogP contribution in [-0.2, 0) is 18.8 Å². The van der Waals surface area contributed by atoms with Gasteiger partial charge in [0.05, 0.1) is 10.6 Å². The van der Waals surface area contributed by atoms with Crippen LogP contribution in [-0.4, -0.2) is 113 Å². The van der Waals surface area contributed by atoms with Gasteiger partial charge >= 0.3 is 5.97 Å². The predicted octanol–water partition coefficient (Wildman–Crippen LogP) is 3.09. The number of thioether (sulfide) groups is 2. The minimum Gasteiger partial charge on any atom is -0.515 e. The lowest BCUT2D eigenvalue weighted by Gasteiger charge is -2.50. The average molecular weight is 768 g/mol. The van der Waals surface area contributed by atoms with Crippen molar-refractivity contribution in [3.63, 3.8) is 0 Å². The fourth-order valence-electron chi connectivity index (χ4n) is 5.60. The van der Waals surface area contributed by atoms with Crippen LogP contribution in [0.15, 0.2) is 71.0 Å². The van der Waals surface area contributed by atoms with Gasteiger partial charge < -0.3 is 14.6 Å². The van der Waals surface area contributed by atoms with Crippen LogP contribution in [0.1, 0.15) is 40.8 Å². The lowest BCUT2D eigenvalue weighted by Crippen LogP contribution is -2.71. The second-order valence-electron chi connectivity index (χ2n) is 12.7. The number of aromatic amines is 1. The number of benzene rings is 2. The third-order valence-electron chi connectivity index (χ3n) is 8.08. The molecule has 4 atom stereocenters. The highest BCUT2D eigenvalue weighted by atomic mass is 35.5. The molecule has 3 amide bonds. The van der Waals surface area contributed by atoms with Gasteiger partial charge in [0, 0.05) is 18.6 Å². The molecule has 3 unspecified atom stereocenters. The van der Waals surface area contributed by atoms with E-state index < -0.39 is 55.5 Å². The Hall–Kier alpha value is -4.59. The molecule has 0 spiro atoms. The van der Waals surface area contributed by atoms with Gasteiger partial charge in [0.2, 0.25) is 19.4 Å². The SMILES string of the molecule is CC(c1nnn[nH]1)n1nnnc1SCC1=C(C(=O)O[Si](C)(C)C)N2C(=O)C(NC(=O)C(c3ccccc3)N(C)C(=O)c3ccccc3Cl)[C@@H]2SC1. The highest BCUT2D eigenvalue weighted by molar-refractivity contribution is 8.01. The third kappa shape index (κ3) is 7.56. The maximum atomic E-state index is 14.0. The number of amides is 3. The van der Waals surface area contributed by atoms with Crippen molar-refractivity contribution in [2.75, 3.05) is 18.6 Å². The Labute approximate surface area is 307 Å². The topological polar surface area (TPSA) is 194 Å². The number of tetrazole rings is 2. The zero-order chi connectivity index (χ0) is 36.4. The Kier molecular flexibility index (Phi) is 10.6. The first-order chi connectivity index (χ1) is 24.4. The number of β-lactam (4-membered cyclic amide) rings is 1. The molecule has 2 aliphatic rings. The molecular formula is C31H34ClN11O5S2Si. The van der Waals surface area contributed by atoms with E-state index >= 15 is 0 Å². The van der Waals surface area contributed by atoms with Crippen molar-refractivity contribution < 1.29 is 23.6 Å². The molecule has 2 N–H and O–H groups in total. The fraction of sp³-hybridized carbons (Fsp3) is 0.355. The second-order valence-corrected chi connectivity index (χ2v) is 19.6. The first-order valence-electron chi connectivity index (χ1n) is 15.8. The van der Waals surface area contributed by atoms with Crippen LogP contribution in [0.2, 0.25) is 24.7 Å². The largest absolute Gasteiger partial charge is 0.515 e. The van der Waals surface area contributed by atoms with Crippen LogP contribution in [0.3, 0.4) is 0 Å². The molecule has 1 fully saturated rings. The van der Waals surface area contributed by atoms with Crippen LogP contribution in [0.4, 0.5) is 0 Å². The predicted molar refractivity (Wildman–Crippen MR) is 191 cm³/mol. The first-order valence-corrected chi connectivity index (χ1v) is 21.6. The van der Waals surface area contributed by atoms with E-state index in [-0.39, 0.29) is 22.0 Å². The number of nitrogens with zero attached hydrogens (tertiary/aromatic N) is 9. The number of rotatable bonds is 12. The van der Waals surface area contributed by atoms with E-state index in [2.05, 4.69) is 41.5 Å². The van der Waals surface area contributed by atoms with Crippen molar-refractivity contribution in [3.8, 4) is 0 Å². The number of nitrogens with one attached hydrogen (secondary N) is 2. The molecule has 4 heterocycles. The number of aromatic nitrogens is 8. The van der Waals surface area contributed by atoms with Crippen LogP contribution in [0.25, 0.3) is 0 Å². The first kappa shape index (κ1) is 36.2. The Morgan fingerprint density at radius 2 is 1.84 bits per heavy atom. The summed E-state index contributed by atoms with van der Waals surface area (Å²) in [7, 11) is -0.858. The molecule has 1 saturated heterocycles. The molecule has 51 heavy (non-hydrogen) atoms. The van der Waals surface area contributed by atoms with E-state index in [0.717, 1.165) is 0 Å². The van der Waals surface area contributed by atoms with E-state index in [0.29, 0.717) is 27.9 Å². The van der Waals surface area contributed by atoms with Gasteiger partial charge in [-0.15, -0.1) is 22.0 Å². The molecule has 0 bridgehead atoms. The maximum absolute atomic E-state index is 14.0. The van der Waals surface area contributed by atoms with E-state index in [1.807, 2.05) is 26.6 Å². The standard InChI is InChI=1S/C31H34ClN11O5S2Si/c1-17(25-34-37-38-35-25)43-31(36-39-40-43)50-16-19-15-49-29-22(28(46)42(29)24(19)30(47)48-51(3,4)5)33-26(44)23(18-11-7-6-8-12-18)41(2)27(45)20-13-9-10-14-21(20)32/h6-14,17,22-23,29H,15-16H2,1-5H3,(H,33,44)(H,34,35,37,38)/t17?,22?,23?,29-/m0/s1. The number of H-pyrrole nitrogens is 1. The Balaban J connectivity index is 1.24. The van der Waals surface area contributed by atoms with Crippen molar-refractivity contribution >= 4 is 67.1 Å². The van der Waals surface area contributed by atoms with Gasteiger partial charge in [-0.1, -0.05) is 65.8 Å². The minimum absolute atomic E-state index is 0.154. The molecule has 0 saturated carbocycles. The normalized spacial score (nSPS) is 18.4. The van der Waals surface area contributed by atoms with Gasteiger partial charge in [-0.05, 0) is 70.7 Å². The number of carbonyl (C=O) groups excluding carboxylic acids is 4. The molecule has 0 aliphatic carbocycles. The molecule has 266 valence electrons. The molecule has 16 nitrogen and oxygen atoms in total. The Morgan fingerprint density at radius 1 is 1.12 bits per heavy atom. The van der Waals surface area contributed by atoms with Crippen LogP contribution in [0, 0.1) is 0 Å². The monoisotopic (exact) mass is 767 g/mol. The highest BCUT2D eigenvalue weighted by Gasteiger charge is 2.55. The quantitative estimate of drug-likeness (QED) is 0.121. The lowest BCUT2D eigenvalue weighted by molar-refractivity contribution is -0.150. The fourth-order valence-corrected chi connectivity index (χ4v) is 8.91. The number of hydrogen-bond acceptors (Lipinski definition) is 13. The second kappa shape index (κ2) is 14.9. The van der Waals surface area contributed by atoms with Crippen LogP contribution < -0.4 is 5.32 Å². The van der Waals surface area contributed by atoms with Crippen molar-refractivity contribution in [2.45, 2.75) is 55.2 Å². The third-order valence-corrected chi connectivity index (χ3v) is 11.6. The smallest absolute Gasteiger partial charge is 0.341 e. The zero-order valence-corrected chi connectivity index (χ0v) is 31.6. The molecule has 4 aromatic rings. The van der Waals surface area contributed by atoms with E-state index in [4.69, 9.17) is 16.0 Å². The minimum atomic E-state index is -2.38. The van der Waals surface area contributed by atoms with Gasteiger partial charge in [-0.2, -0.15) is 0 Å². The lowest BCUT2D eigenvalue weighted by atomic mass is 10.00. The molecule has 2 aromatic heterocycles. The van der Waals surface area contributed by atoms with Crippen molar-refractivity contribution in [1.29, 1.82) is 0 Å². The highest BCUT2D eigenvalue weighted by Crippen LogP contribution is 2.42. The summed E-state index contributed by atoms with van der Waals surface area (Å²) in [6, 6.07) is 13.0. The van der Waals surface area contributed by atoms with Gasteiger partial charge in [-0.25, -0.2) is 14.6 Å². The maximum Gasteiger partial charge on any atom is 0.341 e. The summed E-state index contributed by atoms with van der Waals surface area (Å²) in [4.78, 5) is 58.0. The molecule has 2 aliphatic heterocycles. The molecule has 2 aromatic carbocycles. The van der Waals surface area contributed by atoms with Crippen molar-refractivity contribution in [1.82, 2.24) is 55.9 Å². The molecule has 6 rings (SSSR count). The molecule has 20 heteroatoms. The Morgan fingerprint density at radius 3 is 2.53 bits per heavy atom. The molecular weight excluding hydrogens is 734 g/mol. The number of halogens is 1. The number of likely N-dealkylation sites (N-methyl/N-ethyl adjacent to an activating group) is 1. The van der Waals surface area contributed by atoms with Crippen molar-refractivity contribution in [3.05, 3.63) is 87.8 Å². The molecule has 0 radical (unpaired) electrons. The summed E-state index contributed by atoms with van der Waals surface area (Å²) in [5.74, 6) is -0.953. The summed E-state index contributed by atoms with van der Waals surface area (Å²) in [5, 5.41) is 28.9. The summed E-state index contributed by atoms with van der Waals surface area (Å²) >= 11 is 9.04. The zero-order valence-electron chi connectivity index (χ0n) is 28.2. The van der Waals surface area contributed by atoms with Gasteiger partial charge in [0.25, 0.3) is 11.8 Å². The average Bonchev–Trinajstić information content (AvgIpc) is 3.82. The number of hydrogen-bond donors (Lipinski definition) is 2. The summed E-state index contributed by atoms with van der Waals surface area (Å²) in [5.41, 5.74) is 1.61. The van der Waals surface area contributed by atoms with Gasteiger partial charge in [0.1, 0.15) is 29.2 Å². The summed E-state index contributed by atoms with van der Waals surface area (Å²) < 4.78 is 7.45. The van der Waals surface area contributed by atoms with E-state index in [1.165, 1.54) is 40.4 Å². The van der Waals surface area contributed by atoms with Gasteiger partial charge in [-0.3, -0.25) is 19.3 Å². The number of fused-ring (bicyclic) bond motifs is 1. The number of carbonyl (C=O) groups is 4. The van der Waals surface area contributed by atoms with E-state index in [1.54, 1.807) is 59.3 Å². The van der Waals surface area contributed by atoms with Crippen LogP contribution in [0.5, 0.6) is 0 Å². The Bertz CT molecular complexity index is 1980. The summed E-state index contributed by atoms with van der Waals surface area (Å²) in [6.07, 6.45) is 0.